The lowest BCUT2D eigenvalue weighted by Crippen LogP contribution is -2.16. The number of nitrogens with one attached hydrogen (secondary N) is 2. The molecule has 2 aliphatic rings. The standard InChI is InChI=1S/C12H20N4/c1-16-5-4-9(8-16)11-6-14-12(15-11)7-13-10-2-3-10/h6,9-10,13H,2-5,7-8H2,1H3,(H,14,15). The van der Waals surface area contributed by atoms with Crippen LogP contribution in [0.5, 0.6) is 0 Å². The van der Waals surface area contributed by atoms with Crippen LogP contribution < -0.4 is 5.32 Å². The van der Waals surface area contributed by atoms with E-state index < -0.39 is 0 Å². The maximum Gasteiger partial charge on any atom is 0.120 e. The van der Waals surface area contributed by atoms with Crippen LogP contribution in [-0.2, 0) is 6.54 Å². The van der Waals surface area contributed by atoms with Gasteiger partial charge in [0.25, 0.3) is 0 Å². The number of likely N-dealkylation sites (N-methyl/N-ethyl adjacent to an activating group) is 1. The van der Waals surface area contributed by atoms with Crippen molar-refractivity contribution in [3.05, 3.63) is 17.7 Å². The molecular weight excluding hydrogens is 200 g/mol. The van der Waals surface area contributed by atoms with Gasteiger partial charge in [0.1, 0.15) is 5.82 Å². The molecule has 1 atom stereocenters. The molecule has 0 aromatic carbocycles. The maximum atomic E-state index is 4.45. The van der Waals surface area contributed by atoms with E-state index in [4.69, 9.17) is 0 Å². The number of hydrogen-bond acceptors (Lipinski definition) is 3. The van der Waals surface area contributed by atoms with Gasteiger partial charge in [-0.2, -0.15) is 0 Å². The minimum atomic E-state index is 0.659. The van der Waals surface area contributed by atoms with Crippen LogP contribution in [0.2, 0.25) is 0 Å². The number of hydrogen-bond donors (Lipinski definition) is 2. The van der Waals surface area contributed by atoms with Gasteiger partial charge in [-0.15, -0.1) is 0 Å². The smallest absolute Gasteiger partial charge is 0.120 e. The van der Waals surface area contributed by atoms with E-state index in [2.05, 4.69) is 27.2 Å². The van der Waals surface area contributed by atoms with Crippen LogP contribution in [-0.4, -0.2) is 41.0 Å². The second-order valence-corrected chi connectivity index (χ2v) is 5.19. The number of rotatable bonds is 4. The lowest BCUT2D eigenvalue weighted by Gasteiger charge is -2.07. The van der Waals surface area contributed by atoms with Crippen LogP contribution in [0.15, 0.2) is 6.20 Å². The Balaban J connectivity index is 1.58. The highest BCUT2D eigenvalue weighted by Gasteiger charge is 2.23. The molecule has 2 N–H and O–H groups in total. The van der Waals surface area contributed by atoms with Crippen LogP contribution >= 0.6 is 0 Å². The average Bonchev–Trinajstić information content (AvgIpc) is 2.81. The van der Waals surface area contributed by atoms with Gasteiger partial charge in [0.2, 0.25) is 0 Å². The topological polar surface area (TPSA) is 44.0 Å². The molecule has 0 spiro atoms. The summed E-state index contributed by atoms with van der Waals surface area (Å²) in [6, 6.07) is 0.756. The molecule has 4 nitrogen and oxygen atoms in total. The summed E-state index contributed by atoms with van der Waals surface area (Å²) in [5.41, 5.74) is 1.32. The number of nitrogens with zero attached hydrogens (tertiary/aromatic N) is 2. The lowest BCUT2D eigenvalue weighted by atomic mass is 10.1. The molecule has 3 rings (SSSR count). The van der Waals surface area contributed by atoms with Gasteiger partial charge in [0, 0.05) is 30.4 Å². The van der Waals surface area contributed by atoms with Gasteiger partial charge in [-0.25, -0.2) is 4.98 Å². The Labute approximate surface area is 96.4 Å². The van der Waals surface area contributed by atoms with Gasteiger partial charge in [-0.1, -0.05) is 0 Å². The van der Waals surface area contributed by atoms with E-state index in [0.29, 0.717) is 5.92 Å². The van der Waals surface area contributed by atoms with Gasteiger partial charge >= 0.3 is 0 Å². The third kappa shape index (κ3) is 2.28. The molecule has 0 bridgehead atoms. The number of aromatic nitrogens is 2. The lowest BCUT2D eigenvalue weighted by molar-refractivity contribution is 0.411. The number of imidazole rings is 1. The summed E-state index contributed by atoms with van der Waals surface area (Å²) >= 11 is 0. The molecule has 1 saturated carbocycles. The first-order valence-corrected chi connectivity index (χ1v) is 6.27. The minimum Gasteiger partial charge on any atom is -0.345 e. The van der Waals surface area contributed by atoms with Crippen LogP contribution in [0.4, 0.5) is 0 Å². The Morgan fingerprint density at radius 1 is 1.50 bits per heavy atom. The van der Waals surface area contributed by atoms with E-state index >= 15 is 0 Å². The Morgan fingerprint density at radius 2 is 2.38 bits per heavy atom. The summed E-state index contributed by atoms with van der Waals surface area (Å²) in [5.74, 6) is 1.75. The monoisotopic (exact) mass is 220 g/mol. The zero-order chi connectivity index (χ0) is 11.0. The molecule has 1 aliphatic carbocycles. The predicted octanol–water partition coefficient (Wildman–Crippen LogP) is 1.08. The Morgan fingerprint density at radius 3 is 3.06 bits per heavy atom. The van der Waals surface area contributed by atoms with Gasteiger partial charge in [-0.05, 0) is 32.9 Å². The molecule has 2 heterocycles. The molecule has 4 heteroatoms. The Bertz CT molecular complexity index is 356. The number of likely N-dealkylation sites (tertiary alicyclic amines) is 1. The third-order valence-corrected chi connectivity index (χ3v) is 3.61. The summed E-state index contributed by atoms with van der Waals surface area (Å²) in [4.78, 5) is 10.3. The van der Waals surface area contributed by atoms with Crippen molar-refractivity contribution in [1.29, 1.82) is 0 Å². The molecule has 1 aromatic rings. The molecule has 1 unspecified atom stereocenters. The fraction of sp³-hybridized carbons (Fsp3) is 0.750. The van der Waals surface area contributed by atoms with E-state index in [1.54, 1.807) is 0 Å². The maximum absolute atomic E-state index is 4.45. The molecule has 88 valence electrons. The van der Waals surface area contributed by atoms with Crippen molar-refractivity contribution < 1.29 is 0 Å². The van der Waals surface area contributed by atoms with Gasteiger partial charge in [-0.3, -0.25) is 0 Å². The van der Waals surface area contributed by atoms with Crippen LogP contribution in [0.3, 0.4) is 0 Å². The van der Waals surface area contributed by atoms with E-state index in [1.165, 1.54) is 31.5 Å². The quantitative estimate of drug-likeness (QED) is 0.798. The van der Waals surface area contributed by atoms with E-state index in [1.807, 2.05) is 6.20 Å². The highest BCUT2D eigenvalue weighted by molar-refractivity contribution is 5.10. The zero-order valence-electron chi connectivity index (χ0n) is 9.87. The van der Waals surface area contributed by atoms with Crippen molar-refractivity contribution in [3.63, 3.8) is 0 Å². The van der Waals surface area contributed by atoms with Crippen LogP contribution in [0.1, 0.15) is 36.7 Å². The molecule has 1 aromatic heterocycles. The largest absolute Gasteiger partial charge is 0.345 e. The van der Waals surface area contributed by atoms with Crippen molar-refractivity contribution in [2.45, 2.75) is 37.8 Å². The molecule has 16 heavy (non-hydrogen) atoms. The Kier molecular flexibility index (Phi) is 2.69. The highest BCUT2D eigenvalue weighted by Crippen LogP contribution is 2.24. The van der Waals surface area contributed by atoms with Crippen molar-refractivity contribution in [1.82, 2.24) is 20.2 Å². The molecule has 1 aliphatic heterocycles. The first kappa shape index (κ1) is 10.3. The van der Waals surface area contributed by atoms with Crippen molar-refractivity contribution in [2.24, 2.45) is 0 Å². The van der Waals surface area contributed by atoms with Crippen LogP contribution in [0.25, 0.3) is 0 Å². The molecular formula is C12H20N4. The summed E-state index contributed by atoms with van der Waals surface area (Å²) in [5, 5.41) is 3.48. The molecule has 1 saturated heterocycles. The second kappa shape index (κ2) is 4.18. The van der Waals surface area contributed by atoms with Crippen molar-refractivity contribution in [3.8, 4) is 0 Å². The summed E-state index contributed by atoms with van der Waals surface area (Å²) < 4.78 is 0. The van der Waals surface area contributed by atoms with Gasteiger partial charge in [0.05, 0.1) is 6.54 Å². The van der Waals surface area contributed by atoms with Gasteiger partial charge < -0.3 is 15.2 Å². The Hall–Kier alpha value is -0.870. The predicted molar refractivity (Wildman–Crippen MR) is 63.3 cm³/mol. The van der Waals surface area contributed by atoms with Crippen molar-refractivity contribution in [2.75, 3.05) is 20.1 Å². The third-order valence-electron chi connectivity index (χ3n) is 3.61. The highest BCUT2D eigenvalue weighted by atomic mass is 15.1. The first-order chi connectivity index (χ1) is 7.81. The van der Waals surface area contributed by atoms with E-state index in [-0.39, 0.29) is 0 Å². The number of aromatic amines is 1. The molecule has 0 radical (unpaired) electrons. The zero-order valence-corrected chi connectivity index (χ0v) is 9.87. The second-order valence-electron chi connectivity index (χ2n) is 5.19. The average molecular weight is 220 g/mol. The van der Waals surface area contributed by atoms with Crippen LogP contribution in [0, 0.1) is 0 Å². The van der Waals surface area contributed by atoms with E-state index in [9.17, 15) is 0 Å². The van der Waals surface area contributed by atoms with Crippen molar-refractivity contribution >= 4 is 0 Å². The summed E-state index contributed by atoms with van der Waals surface area (Å²) in [6.07, 6.45) is 5.95. The fourth-order valence-corrected chi connectivity index (χ4v) is 2.39. The molecule has 0 amide bonds. The fourth-order valence-electron chi connectivity index (χ4n) is 2.39. The minimum absolute atomic E-state index is 0.659. The number of H-pyrrole nitrogens is 1. The first-order valence-electron chi connectivity index (χ1n) is 6.27. The summed E-state index contributed by atoms with van der Waals surface area (Å²) in [7, 11) is 2.19. The SMILES string of the molecule is CN1CCC(c2cnc(CNC3CC3)[nH]2)C1. The van der Waals surface area contributed by atoms with E-state index in [0.717, 1.165) is 25.0 Å². The normalized spacial score (nSPS) is 26.4. The molecule has 2 fully saturated rings. The van der Waals surface area contributed by atoms with Gasteiger partial charge in [0.15, 0.2) is 0 Å². The summed E-state index contributed by atoms with van der Waals surface area (Å²) in [6.45, 7) is 3.27.